The summed E-state index contributed by atoms with van der Waals surface area (Å²) in [4.78, 5) is 2.33. The standard InChI is InChI=1S/C13H16BrNO/c1-10(16)12-6-5-11(9-13(12)14)15-7-3-2-4-8-15/h2-3,5-6,9-10,16H,4,7-8H2,1H3/t10-/m0/s1. The third kappa shape index (κ3) is 2.47. The largest absolute Gasteiger partial charge is 0.389 e. The van der Waals surface area contributed by atoms with Crippen molar-refractivity contribution in [2.24, 2.45) is 0 Å². The molecule has 0 aromatic heterocycles. The number of benzene rings is 1. The summed E-state index contributed by atoms with van der Waals surface area (Å²) in [6, 6.07) is 6.15. The quantitative estimate of drug-likeness (QED) is 0.841. The molecule has 1 aliphatic heterocycles. The average Bonchev–Trinajstić information content (AvgIpc) is 2.29. The first-order valence-electron chi connectivity index (χ1n) is 5.56. The van der Waals surface area contributed by atoms with Crippen LogP contribution in [0.4, 0.5) is 5.69 Å². The van der Waals surface area contributed by atoms with Crippen LogP contribution in [0.3, 0.4) is 0 Å². The number of nitrogens with zero attached hydrogens (tertiary/aromatic N) is 1. The van der Waals surface area contributed by atoms with Gasteiger partial charge < -0.3 is 10.0 Å². The minimum Gasteiger partial charge on any atom is -0.389 e. The second-order valence-electron chi connectivity index (χ2n) is 4.09. The lowest BCUT2D eigenvalue weighted by atomic mass is 10.1. The Kier molecular flexibility index (Phi) is 3.66. The molecule has 0 amide bonds. The summed E-state index contributed by atoms with van der Waals surface area (Å²) in [6.07, 6.45) is 5.09. The Bertz CT molecular complexity index is 401. The maximum Gasteiger partial charge on any atom is 0.0772 e. The van der Waals surface area contributed by atoms with Gasteiger partial charge in [0.05, 0.1) is 6.10 Å². The minimum atomic E-state index is -0.426. The number of halogens is 1. The summed E-state index contributed by atoms with van der Waals surface area (Å²) in [5.41, 5.74) is 2.15. The van der Waals surface area contributed by atoms with E-state index >= 15 is 0 Å². The zero-order valence-electron chi connectivity index (χ0n) is 9.36. The smallest absolute Gasteiger partial charge is 0.0772 e. The number of anilines is 1. The molecule has 1 aromatic rings. The van der Waals surface area contributed by atoms with E-state index in [2.05, 4.69) is 45.1 Å². The first-order valence-corrected chi connectivity index (χ1v) is 6.35. The van der Waals surface area contributed by atoms with E-state index < -0.39 is 6.10 Å². The molecule has 86 valence electrons. The van der Waals surface area contributed by atoms with Crippen molar-refractivity contribution in [3.8, 4) is 0 Å². The van der Waals surface area contributed by atoms with Gasteiger partial charge in [0, 0.05) is 23.2 Å². The Hall–Kier alpha value is -0.800. The number of aliphatic hydroxyl groups excluding tert-OH is 1. The third-order valence-corrected chi connectivity index (χ3v) is 3.54. The van der Waals surface area contributed by atoms with Crippen LogP contribution in [-0.2, 0) is 0 Å². The molecule has 0 saturated heterocycles. The van der Waals surface area contributed by atoms with Crippen molar-refractivity contribution in [3.05, 3.63) is 40.4 Å². The summed E-state index contributed by atoms with van der Waals surface area (Å²) in [7, 11) is 0. The van der Waals surface area contributed by atoms with E-state index in [1.54, 1.807) is 6.92 Å². The Balaban J connectivity index is 2.23. The van der Waals surface area contributed by atoms with Gasteiger partial charge in [0.25, 0.3) is 0 Å². The third-order valence-electron chi connectivity index (χ3n) is 2.86. The van der Waals surface area contributed by atoms with Crippen LogP contribution in [0.5, 0.6) is 0 Å². The fourth-order valence-corrected chi connectivity index (χ4v) is 2.63. The van der Waals surface area contributed by atoms with Gasteiger partial charge in [-0.15, -0.1) is 0 Å². The van der Waals surface area contributed by atoms with Crippen LogP contribution in [0.1, 0.15) is 25.0 Å². The van der Waals surface area contributed by atoms with Gasteiger partial charge in [0.15, 0.2) is 0 Å². The Morgan fingerprint density at radius 1 is 1.38 bits per heavy atom. The van der Waals surface area contributed by atoms with Gasteiger partial charge in [-0.25, -0.2) is 0 Å². The molecule has 1 heterocycles. The van der Waals surface area contributed by atoms with Gasteiger partial charge in [-0.2, -0.15) is 0 Å². The van der Waals surface area contributed by atoms with Crippen molar-refractivity contribution < 1.29 is 5.11 Å². The highest BCUT2D eigenvalue weighted by atomic mass is 79.9. The Labute approximate surface area is 105 Å². The molecular weight excluding hydrogens is 266 g/mol. The lowest BCUT2D eigenvalue weighted by Crippen LogP contribution is -2.26. The monoisotopic (exact) mass is 281 g/mol. The summed E-state index contributed by atoms with van der Waals surface area (Å²) < 4.78 is 0.981. The molecular formula is C13H16BrNO. The average molecular weight is 282 g/mol. The molecule has 1 N–H and O–H groups in total. The van der Waals surface area contributed by atoms with E-state index in [1.165, 1.54) is 5.69 Å². The maximum atomic E-state index is 9.55. The molecule has 0 unspecified atom stereocenters. The van der Waals surface area contributed by atoms with Gasteiger partial charge >= 0.3 is 0 Å². The maximum absolute atomic E-state index is 9.55. The number of rotatable bonds is 2. The fourth-order valence-electron chi connectivity index (χ4n) is 1.93. The normalized spacial score (nSPS) is 17.6. The molecule has 3 heteroatoms. The molecule has 2 nitrogen and oxygen atoms in total. The van der Waals surface area contributed by atoms with E-state index in [0.717, 1.165) is 29.5 Å². The van der Waals surface area contributed by atoms with E-state index in [9.17, 15) is 5.11 Å². The predicted molar refractivity (Wildman–Crippen MR) is 70.7 cm³/mol. The predicted octanol–water partition coefficient (Wildman–Crippen LogP) is 3.27. The first-order chi connectivity index (χ1) is 7.68. The topological polar surface area (TPSA) is 23.5 Å². The van der Waals surface area contributed by atoms with E-state index in [0.29, 0.717) is 0 Å². The van der Waals surface area contributed by atoms with E-state index in [1.807, 2.05) is 6.07 Å². The summed E-state index contributed by atoms with van der Waals surface area (Å²) in [5.74, 6) is 0. The molecule has 1 aromatic carbocycles. The van der Waals surface area contributed by atoms with Crippen LogP contribution in [0, 0.1) is 0 Å². The molecule has 1 atom stereocenters. The van der Waals surface area contributed by atoms with Crippen LogP contribution < -0.4 is 4.90 Å². The lowest BCUT2D eigenvalue weighted by molar-refractivity contribution is 0.198. The highest BCUT2D eigenvalue weighted by molar-refractivity contribution is 9.10. The van der Waals surface area contributed by atoms with Gasteiger partial charge in [0.2, 0.25) is 0 Å². The molecule has 0 spiro atoms. The zero-order chi connectivity index (χ0) is 11.5. The molecule has 1 aliphatic rings. The van der Waals surface area contributed by atoms with E-state index in [-0.39, 0.29) is 0 Å². The Morgan fingerprint density at radius 3 is 2.75 bits per heavy atom. The summed E-state index contributed by atoms with van der Waals surface area (Å²) >= 11 is 3.51. The molecule has 0 radical (unpaired) electrons. The second kappa shape index (κ2) is 5.02. The number of hydrogen-bond acceptors (Lipinski definition) is 2. The lowest BCUT2D eigenvalue weighted by Gasteiger charge is -2.26. The van der Waals surface area contributed by atoms with Crippen LogP contribution in [-0.4, -0.2) is 18.2 Å². The zero-order valence-corrected chi connectivity index (χ0v) is 10.9. The first kappa shape index (κ1) is 11.7. The molecule has 0 saturated carbocycles. The van der Waals surface area contributed by atoms with Crippen molar-refractivity contribution in [3.63, 3.8) is 0 Å². The number of aliphatic hydroxyl groups is 1. The van der Waals surface area contributed by atoms with Crippen LogP contribution in [0.25, 0.3) is 0 Å². The van der Waals surface area contributed by atoms with Crippen LogP contribution >= 0.6 is 15.9 Å². The molecule has 2 rings (SSSR count). The summed E-state index contributed by atoms with van der Waals surface area (Å²) in [6.45, 7) is 3.82. The highest BCUT2D eigenvalue weighted by Gasteiger charge is 2.11. The molecule has 0 bridgehead atoms. The second-order valence-corrected chi connectivity index (χ2v) is 4.94. The van der Waals surface area contributed by atoms with Crippen molar-refractivity contribution in [2.45, 2.75) is 19.4 Å². The number of hydrogen-bond donors (Lipinski definition) is 1. The van der Waals surface area contributed by atoms with Gasteiger partial charge in [0.1, 0.15) is 0 Å². The molecule has 0 fully saturated rings. The van der Waals surface area contributed by atoms with Crippen molar-refractivity contribution in [1.82, 2.24) is 0 Å². The SMILES string of the molecule is C[C@H](O)c1ccc(N2CC=CCC2)cc1Br. The van der Waals surface area contributed by atoms with Gasteiger partial charge in [-0.3, -0.25) is 0 Å². The van der Waals surface area contributed by atoms with Gasteiger partial charge in [-0.1, -0.05) is 34.1 Å². The summed E-state index contributed by atoms with van der Waals surface area (Å²) in [5, 5.41) is 9.55. The van der Waals surface area contributed by atoms with Gasteiger partial charge in [-0.05, 0) is 31.0 Å². The highest BCUT2D eigenvalue weighted by Crippen LogP contribution is 2.28. The fraction of sp³-hybridized carbons (Fsp3) is 0.385. The van der Waals surface area contributed by atoms with E-state index in [4.69, 9.17) is 0 Å². The molecule has 0 aliphatic carbocycles. The minimum absolute atomic E-state index is 0.426. The van der Waals surface area contributed by atoms with Crippen molar-refractivity contribution >= 4 is 21.6 Å². The Morgan fingerprint density at radius 2 is 2.19 bits per heavy atom. The van der Waals surface area contributed by atoms with Crippen molar-refractivity contribution in [1.29, 1.82) is 0 Å². The van der Waals surface area contributed by atoms with Crippen LogP contribution in [0.2, 0.25) is 0 Å². The van der Waals surface area contributed by atoms with Crippen molar-refractivity contribution in [2.75, 3.05) is 18.0 Å². The van der Waals surface area contributed by atoms with Crippen LogP contribution in [0.15, 0.2) is 34.8 Å². The molecule has 16 heavy (non-hydrogen) atoms.